The van der Waals surface area contributed by atoms with Crippen molar-refractivity contribution in [3.8, 4) is 10.4 Å². The van der Waals surface area contributed by atoms with Crippen LogP contribution in [0, 0.1) is 0 Å². The van der Waals surface area contributed by atoms with Gasteiger partial charge in [0, 0.05) is 0 Å². The molecule has 0 bridgehead atoms. The summed E-state index contributed by atoms with van der Waals surface area (Å²) in [6.07, 6.45) is -0.449. The lowest BCUT2D eigenvalue weighted by Crippen LogP contribution is -2.10. The summed E-state index contributed by atoms with van der Waals surface area (Å²) >= 11 is 1.58. The molecule has 0 aliphatic heterocycles. The van der Waals surface area contributed by atoms with Gasteiger partial charge in [-0.05, 0) is 17.0 Å². The average molecular weight is 233 g/mol. The van der Waals surface area contributed by atoms with Crippen molar-refractivity contribution >= 4 is 23.1 Å². The quantitative estimate of drug-likeness (QED) is 0.860. The monoisotopic (exact) mass is 233 g/mol. The minimum atomic E-state index is -0.449. The predicted molar refractivity (Wildman–Crippen MR) is 65.8 cm³/mol. The third-order valence-electron chi connectivity index (χ3n) is 2.12. The van der Waals surface area contributed by atoms with Crippen LogP contribution in [0.5, 0.6) is 0 Å². The average Bonchev–Trinajstić information content (AvgIpc) is 2.78. The highest BCUT2D eigenvalue weighted by Gasteiger charge is 2.09. The lowest BCUT2D eigenvalue weighted by Gasteiger charge is -2.04. The van der Waals surface area contributed by atoms with Crippen molar-refractivity contribution in [1.29, 1.82) is 0 Å². The van der Waals surface area contributed by atoms with Crippen molar-refractivity contribution in [3.63, 3.8) is 0 Å². The maximum absolute atomic E-state index is 11.1. The number of carbonyl (C=O) groups excluding carboxylic acids is 1. The fourth-order valence-corrected chi connectivity index (χ4v) is 2.24. The molecule has 0 unspecified atom stereocenters. The summed E-state index contributed by atoms with van der Waals surface area (Å²) in [6.45, 7) is 0. The second-order valence-corrected chi connectivity index (χ2v) is 4.06. The van der Waals surface area contributed by atoms with E-state index in [4.69, 9.17) is 0 Å². The Labute approximate surface area is 97.7 Å². The fraction of sp³-hybridized carbons (Fsp3) is 0.0833. The molecule has 1 aromatic heterocycles. The van der Waals surface area contributed by atoms with E-state index < -0.39 is 6.09 Å². The number of anilines is 1. The smallest absolute Gasteiger partial charge is 0.411 e. The molecule has 0 saturated heterocycles. The van der Waals surface area contributed by atoms with Crippen LogP contribution in [0.1, 0.15) is 0 Å². The van der Waals surface area contributed by atoms with Crippen molar-refractivity contribution in [2.75, 3.05) is 12.4 Å². The van der Waals surface area contributed by atoms with Crippen molar-refractivity contribution in [2.45, 2.75) is 0 Å². The van der Waals surface area contributed by atoms with Crippen molar-refractivity contribution in [2.24, 2.45) is 0 Å². The molecule has 0 radical (unpaired) electrons. The van der Waals surface area contributed by atoms with Crippen LogP contribution >= 0.6 is 11.3 Å². The van der Waals surface area contributed by atoms with E-state index in [2.05, 4.69) is 10.1 Å². The van der Waals surface area contributed by atoms with Crippen LogP contribution in [0.3, 0.4) is 0 Å². The Balaban J connectivity index is 2.29. The highest BCUT2D eigenvalue weighted by atomic mass is 32.1. The topological polar surface area (TPSA) is 38.3 Å². The Morgan fingerprint density at radius 3 is 2.69 bits per heavy atom. The van der Waals surface area contributed by atoms with Gasteiger partial charge >= 0.3 is 6.09 Å². The molecule has 3 nitrogen and oxygen atoms in total. The molecule has 4 heteroatoms. The highest BCUT2D eigenvalue weighted by Crippen LogP contribution is 2.33. The number of hydrogen-bond acceptors (Lipinski definition) is 3. The Hall–Kier alpha value is -1.81. The van der Waals surface area contributed by atoms with Gasteiger partial charge in [0.1, 0.15) is 0 Å². The number of nitrogens with one attached hydrogen (secondary N) is 1. The first-order valence-electron chi connectivity index (χ1n) is 4.79. The van der Waals surface area contributed by atoms with Crippen LogP contribution in [0.15, 0.2) is 41.8 Å². The molecule has 0 saturated carbocycles. The van der Waals surface area contributed by atoms with E-state index in [1.165, 1.54) is 7.11 Å². The van der Waals surface area contributed by atoms with Gasteiger partial charge in [0.25, 0.3) is 0 Å². The molecule has 0 aliphatic rings. The molecular weight excluding hydrogens is 222 g/mol. The second kappa shape index (κ2) is 4.81. The first-order valence-corrected chi connectivity index (χ1v) is 5.67. The SMILES string of the molecule is COC(=O)Nc1ccsc1-c1ccccc1. The number of ether oxygens (including phenoxy) is 1. The molecule has 16 heavy (non-hydrogen) atoms. The molecule has 2 rings (SSSR count). The summed E-state index contributed by atoms with van der Waals surface area (Å²) in [6, 6.07) is 11.8. The number of benzene rings is 1. The van der Waals surface area contributed by atoms with Crippen LogP contribution in [0.25, 0.3) is 10.4 Å². The Kier molecular flexibility index (Phi) is 3.22. The van der Waals surface area contributed by atoms with E-state index in [-0.39, 0.29) is 0 Å². The number of methoxy groups -OCH3 is 1. The molecule has 1 aromatic carbocycles. The zero-order chi connectivity index (χ0) is 11.4. The predicted octanol–water partition coefficient (Wildman–Crippen LogP) is 3.59. The molecular formula is C12H11NO2S. The maximum Gasteiger partial charge on any atom is 0.411 e. The van der Waals surface area contributed by atoms with Gasteiger partial charge in [-0.25, -0.2) is 4.79 Å². The third-order valence-corrected chi connectivity index (χ3v) is 3.09. The van der Waals surface area contributed by atoms with Crippen molar-refractivity contribution in [3.05, 3.63) is 41.8 Å². The number of rotatable bonds is 2. The van der Waals surface area contributed by atoms with Gasteiger partial charge in [-0.15, -0.1) is 11.3 Å². The minimum Gasteiger partial charge on any atom is -0.453 e. The van der Waals surface area contributed by atoms with Crippen molar-refractivity contribution < 1.29 is 9.53 Å². The summed E-state index contributed by atoms with van der Waals surface area (Å²) in [5.41, 5.74) is 1.87. The molecule has 0 spiro atoms. The maximum atomic E-state index is 11.1. The van der Waals surface area contributed by atoms with Gasteiger partial charge in [0.15, 0.2) is 0 Å². The molecule has 1 amide bonds. The Morgan fingerprint density at radius 2 is 2.00 bits per heavy atom. The molecule has 1 N–H and O–H groups in total. The number of carbonyl (C=O) groups is 1. The largest absolute Gasteiger partial charge is 0.453 e. The van der Waals surface area contributed by atoms with Crippen LogP contribution in [-0.4, -0.2) is 13.2 Å². The fourth-order valence-electron chi connectivity index (χ4n) is 1.38. The van der Waals surface area contributed by atoms with Crippen LogP contribution in [-0.2, 0) is 4.74 Å². The van der Waals surface area contributed by atoms with Crippen LogP contribution < -0.4 is 5.32 Å². The van der Waals surface area contributed by atoms with E-state index in [9.17, 15) is 4.79 Å². The first-order chi connectivity index (χ1) is 7.81. The normalized spacial score (nSPS) is 9.81. The van der Waals surface area contributed by atoms with Crippen molar-refractivity contribution in [1.82, 2.24) is 0 Å². The van der Waals surface area contributed by atoms with Gasteiger partial charge in [-0.3, -0.25) is 5.32 Å². The number of amides is 1. The molecule has 82 valence electrons. The number of thiophene rings is 1. The van der Waals surface area contributed by atoms with Crippen LogP contribution in [0.2, 0.25) is 0 Å². The van der Waals surface area contributed by atoms with Crippen LogP contribution in [0.4, 0.5) is 10.5 Å². The standard InChI is InChI=1S/C12H11NO2S/c1-15-12(14)13-10-7-8-16-11(10)9-5-3-2-4-6-9/h2-8H,1H3,(H,13,14). The lowest BCUT2D eigenvalue weighted by atomic mass is 10.2. The van der Waals surface area contributed by atoms with E-state index >= 15 is 0 Å². The molecule has 1 heterocycles. The van der Waals surface area contributed by atoms with E-state index in [0.29, 0.717) is 0 Å². The van der Waals surface area contributed by atoms with E-state index in [1.807, 2.05) is 41.8 Å². The Bertz CT molecular complexity index is 479. The first kappa shape index (κ1) is 10.7. The highest BCUT2D eigenvalue weighted by molar-refractivity contribution is 7.14. The summed E-state index contributed by atoms with van der Waals surface area (Å²) < 4.78 is 4.57. The molecule has 0 fully saturated rings. The van der Waals surface area contributed by atoms with E-state index in [1.54, 1.807) is 11.3 Å². The summed E-state index contributed by atoms with van der Waals surface area (Å²) in [7, 11) is 1.35. The number of hydrogen-bond donors (Lipinski definition) is 1. The lowest BCUT2D eigenvalue weighted by molar-refractivity contribution is 0.187. The zero-order valence-electron chi connectivity index (χ0n) is 8.77. The molecule has 0 atom stereocenters. The third kappa shape index (κ3) is 2.23. The van der Waals surface area contributed by atoms with Gasteiger partial charge < -0.3 is 4.74 Å². The van der Waals surface area contributed by atoms with E-state index in [0.717, 1.165) is 16.1 Å². The second-order valence-electron chi connectivity index (χ2n) is 3.15. The summed E-state index contributed by atoms with van der Waals surface area (Å²) in [4.78, 5) is 12.2. The molecule has 2 aromatic rings. The molecule has 0 aliphatic carbocycles. The van der Waals surface area contributed by atoms with Gasteiger partial charge in [-0.2, -0.15) is 0 Å². The minimum absolute atomic E-state index is 0.449. The van der Waals surface area contributed by atoms with Gasteiger partial charge in [0.05, 0.1) is 17.7 Å². The summed E-state index contributed by atoms with van der Waals surface area (Å²) in [5, 5.41) is 4.63. The Morgan fingerprint density at radius 1 is 1.25 bits per heavy atom. The summed E-state index contributed by atoms with van der Waals surface area (Å²) in [5.74, 6) is 0. The van der Waals surface area contributed by atoms with Gasteiger partial charge in [0.2, 0.25) is 0 Å². The zero-order valence-corrected chi connectivity index (χ0v) is 9.58. The van der Waals surface area contributed by atoms with Gasteiger partial charge in [-0.1, -0.05) is 30.3 Å².